The van der Waals surface area contributed by atoms with Gasteiger partial charge in [0.25, 0.3) is 5.91 Å². The first kappa shape index (κ1) is 16.9. The van der Waals surface area contributed by atoms with Crippen molar-refractivity contribution < 1.29 is 14.7 Å². The molecule has 0 aromatic carbocycles. The average molecular weight is 293 g/mol. The molecule has 1 amide bonds. The summed E-state index contributed by atoms with van der Waals surface area (Å²) in [5.74, 6) is -1.02. The molecular weight excluding hydrogens is 270 g/mol. The van der Waals surface area contributed by atoms with Gasteiger partial charge in [-0.25, -0.2) is 4.79 Å². The van der Waals surface area contributed by atoms with E-state index >= 15 is 0 Å². The van der Waals surface area contributed by atoms with Crippen LogP contribution in [0.1, 0.15) is 37.7 Å². The number of hydrogen-bond donors (Lipinski definition) is 1. The molecule has 1 aromatic heterocycles. The molecule has 0 radical (unpaired) electrons. The van der Waals surface area contributed by atoms with E-state index in [2.05, 4.69) is 4.98 Å². The summed E-state index contributed by atoms with van der Waals surface area (Å²) in [6, 6.07) is 2.74. The lowest BCUT2D eigenvalue weighted by Crippen LogP contribution is -2.38. The van der Waals surface area contributed by atoms with Gasteiger partial charge in [-0.3, -0.25) is 9.78 Å². The monoisotopic (exact) mass is 293 g/mol. The van der Waals surface area contributed by atoms with Crippen molar-refractivity contribution in [2.45, 2.75) is 33.2 Å². The highest BCUT2D eigenvalue weighted by molar-refractivity contribution is 5.93. The minimum atomic E-state index is -0.881. The zero-order valence-electron chi connectivity index (χ0n) is 13.0. The number of pyridine rings is 1. The van der Waals surface area contributed by atoms with Crippen molar-refractivity contribution in [1.82, 2.24) is 9.88 Å². The van der Waals surface area contributed by atoms with E-state index in [1.165, 1.54) is 6.20 Å². The second-order valence-electron chi connectivity index (χ2n) is 4.75. The summed E-state index contributed by atoms with van der Waals surface area (Å²) in [4.78, 5) is 31.0. The number of nitrogens with zero attached hydrogens (tertiary/aromatic N) is 3. The number of rotatable bonds is 7. The summed E-state index contributed by atoms with van der Waals surface area (Å²) in [6.07, 6.45) is 2.02. The number of aromatic nitrogens is 1. The van der Waals surface area contributed by atoms with Crippen LogP contribution in [-0.2, 0) is 4.79 Å². The molecule has 1 atom stereocenters. The van der Waals surface area contributed by atoms with Crippen LogP contribution >= 0.6 is 0 Å². The summed E-state index contributed by atoms with van der Waals surface area (Å²) in [5.41, 5.74) is 1.01. The standard InChI is InChI=1S/C15H23N3O3/c1-5-13(15(20)21)17(4)11-8-9-16-12(10-11)14(19)18(6-2)7-3/h8-10,13H,5-7H2,1-4H3,(H,20,21). The summed E-state index contributed by atoms with van der Waals surface area (Å²) in [5, 5.41) is 9.22. The highest BCUT2D eigenvalue weighted by atomic mass is 16.4. The number of carboxylic acids is 1. The minimum Gasteiger partial charge on any atom is -0.480 e. The molecular formula is C15H23N3O3. The molecule has 1 aromatic rings. The number of likely N-dealkylation sites (N-methyl/N-ethyl adjacent to an activating group) is 1. The molecule has 0 aliphatic rings. The maximum atomic E-state index is 12.3. The van der Waals surface area contributed by atoms with E-state index in [0.29, 0.717) is 30.9 Å². The van der Waals surface area contributed by atoms with Crippen molar-refractivity contribution in [3.63, 3.8) is 0 Å². The number of aliphatic carboxylic acids is 1. The second-order valence-corrected chi connectivity index (χ2v) is 4.75. The van der Waals surface area contributed by atoms with Gasteiger partial charge in [-0.2, -0.15) is 0 Å². The lowest BCUT2D eigenvalue weighted by atomic mass is 10.1. The number of carbonyl (C=O) groups is 2. The third kappa shape index (κ3) is 3.93. The Morgan fingerprint density at radius 1 is 1.29 bits per heavy atom. The number of carbonyl (C=O) groups excluding carboxylic acids is 1. The van der Waals surface area contributed by atoms with Crippen LogP contribution in [0, 0.1) is 0 Å². The van der Waals surface area contributed by atoms with Gasteiger partial charge < -0.3 is 14.9 Å². The Kier molecular flexibility index (Phi) is 6.14. The zero-order valence-corrected chi connectivity index (χ0v) is 13.0. The van der Waals surface area contributed by atoms with Crippen LogP contribution in [0.2, 0.25) is 0 Å². The molecule has 0 bridgehead atoms. The molecule has 6 nitrogen and oxygen atoms in total. The Morgan fingerprint density at radius 2 is 1.90 bits per heavy atom. The van der Waals surface area contributed by atoms with Crippen LogP contribution in [0.5, 0.6) is 0 Å². The molecule has 0 spiro atoms. The van der Waals surface area contributed by atoms with Crippen molar-refractivity contribution >= 4 is 17.6 Å². The maximum absolute atomic E-state index is 12.3. The second kappa shape index (κ2) is 7.61. The lowest BCUT2D eigenvalue weighted by Gasteiger charge is -2.26. The molecule has 0 fully saturated rings. The Hall–Kier alpha value is -2.11. The summed E-state index contributed by atoms with van der Waals surface area (Å²) in [7, 11) is 1.71. The van der Waals surface area contributed by atoms with E-state index in [1.54, 1.807) is 29.0 Å². The quantitative estimate of drug-likeness (QED) is 0.830. The molecule has 116 valence electrons. The first-order valence-corrected chi connectivity index (χ1v) is 7.17. The van der Waals surface area contributed by atoms with Crippen LogP contribution in [0.15, 0.2) is 18.3 Å². The van der Waals surface area contributed by atoms with Crippen LogP contribution < -0.4 is 4.90 Å². The topological polar surface area (TPSA) is 73.7 Å². The average Bonchev–Trinajstić information content (AvgIpc) is 2.48. The molecule has 1 rings (SSSR count). The number of anilines is 1. The van der Waals surface area contributed by atoms with Crippen molar-refractivity contribution in [3.05, 3.63) is 24.0 Å². The lowest BCUT2D eigenvalue weighted by molar-refractivity contribution is -0.138. The van der Waals surface area contributed by atoms with Crippen molar-refractivity contribution in [2.24, 2.45) is 0 Å². The molecule has 0 aliphatic carbocycles. The molecule has 0 saturated carbocycles. The molecule has 0 saturated heterocycles. The van der Waals surface area contributed by atoms with E-state index < -0.39 is 12.0 Å². The molecule has 1 N–H and O–H groups in total. The van der Waals surface area contributed by atoms with E-state index in [9.17, 15) is 14.7 Å². The minimum absolute atomic E-state index is 0.140. The third-order valence-electron chi connectivity index (χ3n) is 3.56. The molecule has 0 aliphatic heterocycles. The maximum Gasteiger partial charge on any atom is 0.326 e. The Bertz CT molecular complexity index is 501. The number of amides is 1. The predicted molar refractivity (Wildman–Crippen MR) is 81.6 cm³/mol. The molecule has 21 heavy (non-hydrogen) atoms. The Balaban J connectivity index is 3.05. The SMILES string of the molecule is CCC(C(=O)O)N(C)c1ccnc(C(=O)N(CC)CC)c1. The van der Waals surface area contributed by atoms with Gasteiger partial charge in [0.1, 0.15) is 11.7 Å². The van der Waals surface area contributed by atoms with Gasteiger partial charge >= 0.3 is 5.97 Å². The van der Waals surface area contributed by atoms with Crippen LogP contribution in [-0.4, -0.2) is 53.0 Å². The van der Waals surface area contributed by atoms with E-state index in [0.717, 1.165) is 0 Å². The normalized spacial score (nSPS) is 11.8. The molecule has 1 heterocycles. The van der Waals surface area contributed by atoms with Gasteiger partial charge in [-0.1, -0.05) is 6.92 Å². The van der Waals surface area contributed by atoms with Crippen LogP contribution in [0.25, 0.3) is 0 Å². The van der Waals surface area contributed by atoms with Crippen LogP contribution in [0.3, 0.4) is 0 Å². The van der Waals surface area contributed by atoms with Gasteiger partial charge in [0, 0.05) is 32.0 Å². The fourth-order valence-electron chi connectivity index (χ4n) is 2.22. The van der Waals surface area contributed by atoms with Crippen molar-refractivity contribution in [1.29, 1.82) is 0 Å². The first-order chi connectivity index (χ1) is 9.96. The highest BCUT2D eigenvalue weighted by Crippen LogP contribution is 2.18. The van der Waals surface area contributed by atoms with Gasteiger partial charge in [0.15, 0.2) is 0 Å². The third-order valence-corrected chi connectivity index (χ3v) is 3.56. The van der Waals surface area contributed by atoms with Gasteiger partial charge in [0.05, 0.1) is 0 Å². The van der Waals surface area contributed by atoms with Crippen molar-refractivity contribution in [2.75, 3.05) is 25.0 Å². The zero-order chi connectivity index (χ0) is 16.0. The van der Waals surface area contributed by atoms with Gasteiger partial charge in [0.2, 0.25) is 0 Å². The van der Waals surface area contributed by atoms with E-state index in [1.807, 2.05) is 20.8 Å². The fraction of sp³-hybridized carbons (Fsp3) is 0.533. The van der Waals surface area contributed by atoms with E-state index in [4.69, 9.17) is 0 Å². The largest absolute Gasteiger partial charge is 0.480 e. The van der Waals surface area contributed by atoms with Crippen LogP contribution in [0.4, 0.5) is 5.69 Å². The Morgan fingerprint density at radius 3 is 2.38 bits per heavy atom. The highest BCUT2D eigenvalue weighted by Gasteiger charge is 2.22. The van der Waals surface area contributed by atoms with Crippen molar-refractivity contribution in [3.8, 4) is 0 Å². The smallest absolute Gasteiger partial charge is 0.326 e. The fourth-order valence-corrected chi connectivity index (χ4v) is 2.22. The van der Waals surface area contributed by atoms with E-state index in [-0.39, 0.29) is 5.91 Å². The number of hydrogen-bond acceptors (Lipinski definition) is 4. The molecule has 1 unspecified atom stereocenters. The summed E-state index contributed by atoms with van der Waals surface area (Å²) >= 11 is 0. The Labute approximate surface area is 125 Å². The molecule has 6 heteroatoms. The number of carboxylic acid groups (broad SMARTS) is 1. The summed E-state index contributed by atoms with van der Waals surface area (Å²) in [6.45, 7) is 6.87. The van der Waals surface area contributed by atoms with Gasteiger partial charge in [-0.15, -0.1) is 0 Å². The predicted octanol–water partition coefficient (Wildman–Crippen LogP) is 1.86. The first-order valence-electron chi connectivity index (χ1n) is 7.17. The van der Waals surface area contributed by atoms with Gasteiger partial charge in [-0.05, 0) is 32.4 Å². The summed E-state index contributed by atoms with van der Waals surface area (Å²) < 4.78 is 0.